The lowest BCUT2D eigenvalue weighted by atomic mass is 10.0. The minimum atomic E-state index is -0.0422. The summed E-state index contributed by atoms with van der Waals surface area (Å²) in [5.41, 5.74) is 5.32. The van der Waals surface area contributed by atoms with Crippen LogP contribution in [0, 0.1) is 6.92 Å². The second kappa shape index (κ2) is 6.95. The van der Waals surface area contributed by atoms with Crippen LogP contribution >= 0.6 is 0 Å². The summed E-state index contributed by atoms with van der Waals surface area (Å²) < 4.78 is 7.64. The minimum Gasteiger partial charge on any atom is -0.482 e. The Morgan fingerprint density at radius 2 is 1.93 bits per heavy atom. The van der Waals surface area contributed by atoms with E-state index in [1.807, 2.05) is 67.8 Å². The summed E-state index contributed by atoms with van der Waals surface area (Å²) in [6.07, 6.45) is 5.46. The third-order valence-electron chi connectivity index (χ3n) is 5.20. The lowest BCUT2D eigenvalue weighted by molar-refractivity contribution is -0.121. The first kappa shape index (κ1) is 18.3. The molecule has 0 saturated carbocycles. The average Bonchev–Trinajstić information content (AvgIpc) is 3.12. The lowest BCUT2D eigenvalue weighted by Gasteiger charge is -2.32. The Bertz CT molecular complexity index is 1280. The molecule has 1 aliphatic rings. The summed E-state index contributed by atoms with van der Waals surface area (Å²) in [5.74, 6) is 1.28. The topological polar surface area (TPSA) is 72.6 Å². The largest absolute Gasteiger partial charge is 0.482 e. The molecule has 0 N–H and O–H groups in total. The van der Waals surface area contributed by atoms with Gasteiger partial charge in [-0.15, -0.1) is 0 Å². The molecule has 5 rings (SSSR count). The van der Waals surface area contributed by atoms with Crippen molar-refractivity contribution in [2.24, 2.45) is 0 Å². The fraction of sp³-hybridized carbons (Fsp3) is 0.217. The molecule has 0 atom stereocenters. The highest BCUT2D eigenvalue weighted by atomic mass is 16.5. The second-order valence-electron chi connectivity index (χ2n) is 7.61. The van der Waals surface area contributed by atoms with Gasteiger partial charge in [0, 0.05) is 41.5 Å². The molecule has 0 fully saturated rings. The van der Waals surface area contributed by atoms with Crippen molar-refractivity contribution in [1.82, 2.24) is 19.4 Å². The van der Waals surface area contributed by atoms with Crippen molar-refractivity contribution >= 4 is 17.4 Å². The van der Waals surface area contributed by atoms with Crippen LogP contribution in [0.5, 0.6) is 5.75 Å². The summed E-state index contributed by atoms with van der Waals surface area (Å²) in [5, 5.41) is 0. The van der Waals surface area contributed by atoms with Crippen LogP contribution in [0.15, 0.2) is 55.0 Å². The molecule has 1 amide bonds. The van der Waals surface area contributed by atoms with Gasteiger partial charge in [0.2, 0.25) is 5.78 Å². The zero-order valence-electron chi connectivity index (χ0n) is 17.0. The van der Waals surface area contributed by atoms with Crippen LogP contribution in [0.2, 0.25) is 0 Å². The first-order chi connectivity index (χ1) is 14.5. The number of aryl methyl sites for hydroxylation is 1. The molecular weight excluding hydrogens is 378 g/mol. The second-order valence-corrected chi connectivity index (χ2v) is 7.61. The standard InChI is InChI=1S/C23H21N5O2/c1-14(2)28-18-12-17(5-6-19(18)30-13-20(28)29)22-21(16-7-9-24-15(3)11-16)26-23-25-8-4-10-27(22)23/h4-12,14H,13H2,1-3H3. The Morgan fingerprint density at radius 3 is 2.73 bits per heavy atom. The molecule has 1 aromatic carbocycles. The zero-order chi connectivity index (χ0) is 20.8. The fourth-order valence-corrected chi connectivity index (χ4v) is 3.94. The van der Waals surface area contributed by atoms with Gasteiger partial charge in [-0.2, -0.15) is 0 Å². The van der Waals surface area contributed by atoms with Gasteiger partial charge in [-0.3, -0.25) is 14.2 Å². The first-order valence-corrected chi connectivity index (χ1v) is 9.88. The average molecular weight is 399 g/mol. The number of benzene rings is 1. The summed E-state index contributed by atoms with van der Waals surface area (Å²) >= 11 is 0. The van der Waals surface area contributed by atoms with Gasteiger partial charge in [-0.05, 0) is 57.2 Å². The molecule has 0 spiro atoms. The summed E-state index contributed by atoms with van der Waals surface area (Å²) in [7, 11) is 0. The van der Waals surface area contributed by atoms with E-state index >= 15 is 0 Å². The van der Waals surface area contributed by atoms with Crippen LogP contribution in [0.25, 0.3) is 28.3 Å². The van der Waals surface area contributed by atoms with Crippen molar-refractivity contribution < 1.29 is 9.53 Å². The molecule has 4 aromatic rings. The van der Waals surface area contributed by atoms with Crippen LogP contribution in [-0.4, -0.2) is 37.9 Å². The van der Waals surface area contributed by atoms with E-state index in [1.54, 1.807) is 17.3 Å². The monoisotopic (exact) mass is 399 g/mol. The van der Waals surface area contributed by atoms with Crippen molar-refractivity contribution in [2.75, 3.05) is 11.5 Å². The summed E-state index contributed by atoms with van der Waals surface area (Å²) in [6, 6.07) is 11.8. The van der Waals surface area contributed by atoms with E-state index in [4.69, 9.17) is 9.72 Å². The van der Waals surface area contributed by atoms with Gasteiger partial charge in [0.1, 0.15) is 5.75 Å². The summed E-state index contributed by atoms with van der Waals surface area (Å²) in [6.45, 7) is 6.02. The highest BCUT2D eigenvalue weighted by molar-refractivity contribution is 5.99. The van der Waals surface area contributed by atoms with E-state index in [2.05, 4.69) is 9.97 Å². The Morgan fingerprint density at radius 1 is 1.07 bits per heavy atom. The normalized spacial score (nSPS) is 13.6. The Labute approximate surface area is 174 Å². The molecule has 0 radical (unpaired) electrons. The van der Waals surface area contributed by atoms with Crippen LogP contribution in [-0.2, 0) is 4.79 Å². The SMILES string of the molecule is Cc1cc(-c2nc3ncccn3c2-c2ccc3c(c2)N(C(C)C)C(=O)CO3)ccn1. The lowest BCUT2D eigenvalue weighted by Crippen LogP contribution is -2.43. The minimum absolute atomic E-state index is 0.0292. The van der Waals surface area contributed by atoms with Gasteiger partial charge < -0.3 is 9.64 Å². The highest BCUT2D eigenvalue weighted by Gasteiger charge is 2.29. The smallest absolute Gasteiger partial charge is 0.265 e. The number of rotatable bonds is 3. The molecule has 0 aliphatic carbocycles. The van der Waals surface area contributed by atoms with Gasteiger partial charge in [0.05, 0.1) is 17.1 Å². The molecule has 0 saturated heterocycles. The number of pyridine rings is 1. The maximum absolute atomic E-state index is 12.5. The highest BCUT2D eigenvalue weighted by Crippen LogP contribution is 2.40. The summed E-state index contributed by atoms with van der Waals surface area (Å²) in [4.78, 5) is 27.8. The number of fused-ring (bicyclic) bond motifs is 2. The van der Waals surface area contributed by atoms with E-state index in [-0.39, 0.29) is 18.6 Å². The molecule has 7 nitrogen and oxygen atoms in total. The fourth-order valence-electron chi connectivity index (χ4n) is 3.94. The predicted octanol–water partition coefficient (Wildman–Crippen LogP) is 3.90. The number of aromatic nitrogens is 4. The van der Waals surface area contributed by atoms with Gasteiger partial charge in [0.25, 0.3) is 5.91 Å². The number of nitrogens with zero attached hydrogens (tertiary/aromatic N) is 5. The van der Waals surface area contributed by atoms with E-state index in [9.17, 15) is 4.79 Å². The number of imidazole rings is 1. The zero-order valence-corrected chi connectivity index (χ0v) is 17.0. The Hall–Kier alpha value is -3.74. The first-order valence-electron chi connectivity index (χ1n) is 9.88. The number of anilines is 1. The third kappa shape index (κ3) is 2.90. The van der Waals surface area contributed by atoms with Crippen LogP contribution in [0.3, 0.4) is 0 Å². The third-order valence-corrected chi connectivity index (χ3v) is 5.20. The van der Waals surface area contributed by atoms with Crippen molar-refractivity contribution in [3.05, 3.63) is 60.7 Å². The van der Waals surface area contributed by atoms with Crippen molar-refractivity contribution in [3.8, 4) is 28.3 Å². The number of ether oxygens (including phenoxy) is 1. The van der Waals surface area contributed by atoms with Crippen molar-refractivity contribution in [1.29, 1.82) is 0 Å². The number of carbonyl (C=O) groups excluding carboxylic acids is 1. The molecule has 30 heavy (non-hydrogen) atoms. The molecule has 4 heterocycles. The molecule has 0 bridgehead atoms. The molecule has 150 valence electrons. The van der Waals surface area contributed by atoms with E-state index < -0.39 is 0 Å². The quantitative estimate of drug-likeness (QED) is 0.522. The molecule has 7 heteroatoms. The van der Waals surface area contributed by atoms with Gasteiger partial charge in [-0.25, -0.2) is 9.97 Å². The maximum atomic E-state index is 12.5. The predicted molar refractivity (Wildman–Crippen MR) is 115 cm³/mol. The number of carbonyl (C=O) groups is 1. The Balaban J connectivity index is 1.76. The van der Waals surface area contributed by atoms with Crippen LogP contribution in [0.1, 0.15) is 19.5 Å². The number of amides is 1. The van der Waals surface area contributed by atoms with Gasteiger partial charge >= 0.3 is 0 Å². The molecule has 3 aromatic heterocycles. The Kier molecular flexibility index (Phi) is 4.24. The molecular formula is C23H21N5O2. The number of hydrogen-bond acceptors (Lipinski definition) is 5. The van der Waals surface area contributed by atoms with E-state index in [1.165, 1.54) is 0 Å². The molecule has 1 aliphatic heterocycles. The maximum Gasteiger partial charge on any atom is 0.265 e. The van der Waals surface area contributed by atoms with Gasteiger partial charge in [0.15, 0.2) is 6.61 Å². The van der Waals surface area contributed by atoms with Crippen molar-refractivity contribution in [3.63, 3.8) is 0 Å². The van der Waals surface area contributed by atoms with E-state index in [0.717, 1.165) is 33.9 Å². The van der Waals surface area contributed by atoms with E-state index in [0.29, 0.717) is 11.5 Å². The van der Waals surface area contributed by atoms with Crippen LogP contribution < -0.4 is 9.64 Å². The molecule has 0 unspecified atom stereocenters. The van der Waals surface area contributed by atoms with Crippen LogP contribution in [0.4, 0.5) is 5.69 Å². The number of hydrogen-bond donors (Lipinski definition) is 0. The van der Waals surface area contributed by atoms with Crippen molar-refractivity contribution in [2.45, 2.75) is 26.8 Å². The van der Waals surface area contributed by atoms with Gasteiger partial charge in [-0.1, -0.05) is 0 Å².